The van der Waals surface area contributed by atoms with E-state index < -0.39 is 29.2 Å². The highest BCUT2D eigenvalue weighted by atomic mass is 19.1. The summed E-state index contributed by atoms with van der Waals surface area (Å²) in [5, 5.41) is 12.8. The van der Waals surface area contributed by atoms with Gasteiger partial charge in [0.05, 0.1) is 16.2 Å². The van der Waals surface area contributed by atoms with Gasteiger partial charge in [0.2, 0.25) is 0 Å². The number of hydrogen-bond donors (Lipinski definition) is 1. The topological polar surface area (TPSA) is 98.5 Å². The SMILES string of the molecule is Cc1ccc(C)c(C(=O)OCC(=O)Nc2cc([N+](=O)[O-])ccc2F)c1. The molecular formula is C17H15FN2O5. The first-order valence-electron chi connectivity index (χ1n) is 7.26. The summed E-state index contributed by atoms with van der Waals surface area (Å²) in [5.41, 5.74) is 1.15. The zero-order valence-electron chi connectivity index (χ0n) is 13.5. The molecule has 25 heavy (non-hydrogen) atoms. The molecule has 1 amide bonds. The highest BCUT2D eigenvalue weighted by Gasteiger charge is 2.16. The summed E-state index contributed by atoms with van der Waals surface area (Å²) in [6.07, 6.45) is 0. The van der Waals surface area contributed by atoms with E-state index >= 15 is 0 Å². The maximum absolute atomic E-state index is 13.6. The van der Waals surface area contributed by atoms with Crippen molar-refractivity contribution in [2.24, 2.45) is 0 Å². The Labute approximate surface area is 142 Å². The van der Waals surface area contributed by atoms with Crippen LogP contribution in [0, 0.1) is 29.8 Å². The molecule has 2 aromatic rings. The number of anilines is 1. The van der Waals surface area contributed by atoms with Crippen LogP contribution in [0.1, 0.15) is 21.5 Å². The molecule has 0 radical (unpaired) electrons. The van der Waals surface area contributed by atoms with Gasteiger partial charge in [0.1, 0.15) is 5.82 Å². The van der Waals surface area contributed by atoms with E-state index in [0.717, 1.165) is 23.8 Å². The summed E-state index contributed by atoms with van der Waals surface area (Å²) >= 11 is 0. The molecule has 8 heteroatoms. The molecule has 0 aliphatic rings. The zero-order chi connectivity index (χ0) is 18.6. The number of ether oxygens (including phenoxy) is 1. The third kappa shape index (κ3) is 4.60. The van der Waals surface area contributed by atoms with Crippen molar-refractivity contribution in [3.63, 3.8) is 0 Å². The average molecular weight is 346 g/mol. The molecule has 0 aliphatic heterocycles. The Morgan fingerprint density at radius 2 is 1.92 bits per heavy atom. The minimum atomic E-state index is -0.834. The number of nitro benzene ring substituents is 1. The fourth-order valence-corrected chi connectivity index (χ4v) is 2.07. The number of carbonyl (C=O) groups excluding carboxylic acids is 2. The van der Waals surface area contributed by atoms with E-state index in [1.54, 1.807) is 19.1 Å². The molecule has 0 heterocycles. The molecule has 0 aromatic heterocycles. The predicted octanol–water partition coefficient (Wildman–Crippen LogP) is 3.15. The standard InChI is InChI=1S/C17H15FN2O5/c1-10-3-4-11(2)13(7-10)17(22)25-9-16(21)19-15-8-12(20(23)24)5-6-14(15)18/h3-8H,9H2,1-2H3,(H,19,21). The Kier molecular flexibility index (Phi) is 5.43. The molecule has 0 unspecified atom stereocenters. The lowest BCUT2D eigenvalue weighted by Gasteiger charge is -2.09. The largest absolute Gasteiger partial charge is 0.452 e. The number of rotatable bonds is 5. The molecule has 2 aromatic carbocycles. The fourth-order valence-electron chi connectivity index (χ4n) is 2.07. The van der Waals surface area contributed by atoms with Crippen LogP contribution < -0.4 is 5.32 Å². The number of benzene rings is 2. The number of nitrogens with zero attached hydrogens (tertiary/aromatic N) is 1. The third-order valence-electron chi connectivity index (χ3n) is 3.38. The van der Waals surface area contributed by atoms with Crippen molar-refractivity contribution < 1.29 is 23.6 Å². The lowest BCUT2D eigenvalue weighted by molar-refractivity contribution is -0.384. The minimum absolute atomic E-state index is 0.328. The van der Waals surface area contributed by atoms with Crippen molar-refractivity contribution >= 4 is 23.3 Å². The molecule has 0 atom stereocenters. The van der Waals surface area contributed by atoms with Crippen LogP contribution in [0.25, 0.3) is 0 Å². The zero-order valence-corrected chi connectivity index (χ0v) is 13.5. The molecule has 0 spiro atoms. The molecule has 0 saturated heterocycles. The average Bonchev–Trinajstić information content (AvgIpc) is 2.56. The second-order valence-electron chi connectivity index (χ2n) is 5.36. The first-order chi connectivity index (χ1) is 11.8. The monoisotopic (exact) mass is 346 g/mol. The van der Waals surface area contributed by atoms with Crippen molar-refractivity contribution in [2.75, 3.05) is 11.9 Å². The number of aryl methyl sites for hydroxylation is 2. The second-order valence-corrected chi connectivity index (χ2v) is 5.36. The van der Waals surface area contributed by atoms with Gasteiger partial charge in [-0.15, -0.1) is 0 Å². The fraction of sp³-hybridized carbons (Fsp3) is 0.176. The van der Waals surface area contributed by atoms with Gasteiger partial charge in [-0.2, -0.15) is 0 Å². The number of nitro groups is 1. The highest BCUT2D eigenvalue weighted by molar-refractivity contribution is 5.96. The summed E-state index contributed by atoms with van der Waals surface area (Å²) in [5.74, 6) is -2.33. The van der Waals surface area contributed by atoms with Gasteiger partial charge < -0.3 is 10.1 Å². The summed E-state index contributed by atoms with van der Waals surface area (Å²) in [4.78, 5) is 33.8. The summed E-state index contributed by atoms with van der Waals surface area (Å²) in [6, 6.07) is 7.96. The van der Waals surface area contributed by atoms with Gasteiger partial charge in [-0.05, 0) is 31.5 Å². The van der Waals surface area contributed by atoms with Crippen LogP contribution in [-0.4, -0.2) is 23.4 Å². The number of amides is 1. The molecule has 0 aliphatic carbocycles. The molecule has 7 nitrogen and oxygen atoms in total. The van der Waals surface area contributed by atoms with Gasteiger partial charge in [0, 0.05) is 12.1 Å². The van der Waals surface area contributed by atoms with Crippen molar-refractivity contribution in [3.05, 3.63) is 69.0 Å². The van der Waals surface area contributed by atoms with Crippen molar-refractivity contribution in [3.8, 4) is 0 Å². The lowest BCUT2D eigenvalue weighted by Crippen LogP contribution is -2.22. The van der Waals surface area contributed by atoms with Crippen LogP contribution >= 0.6 is 0 Å². The molecule has 0 fully saturated rings. The maximum Gasteiger partial charge on any atom is 0.338 e. The lowest BCUT2D eigenvalue weighted by atomic mass is 10.1. The van der Waals surface area contributed by atoms with Gasteiger partial charge >= 0.3 is 5.97 Å². The van der Waals surface area contributed by atoms with Gasteiger partial charge in [-0.1, -0.05) is 17.7 Å². The summed E-state index contributed by atoms with van der Waals surface area (Å²) < 4.78 is 18.5. The molecule has 0 bridgehead atoms. The maximum atomic E-state index is 13.6. The molecular weight excluding hydrogens is 331 g/mol. The predicted molar refractivity (Wildman–Crippen MR) is 87.9 cm³/mol. The van der Waals surface area contributed by atoms with Crippen LogP contribution in [0.4, 0.5) is 15.8 Å². The Bertz CT molecular complexity index is 851. The van der Waals surface area contributed by atoms with E-state index in [4.69, 9.17) is 4.74 Å². The Balaban J connectivity index is 2.01. The van der Waals surface area contributed by atoms with Crippen LogP contribution in [0.2, 0.25) is 0 Å². The van der Waals surface area contributed by atoms with Crippen LogP contribution in [0.15, 0.2) is 36.4 Å². The van der Waals surface area contributed by atoms with E-state index in [1.165, 1.54) is 0 Å². The van der Waals surface area contributed by atoms with Crippen molar-refractivity contribution in [2.45, 2.75) is 13.8 Å². The minimum Gasteiger partial charge on any atom is -0.452 e. The number of non-ortho nitro benzene ring substituents is 1. The van der Waals surface area contributed by atoms with E-state index in [1.807, 2.05) is 13.0 Å². The number of carbonyl (C=O) groups is 2. The van der Waals surface area contributed by atoms with E-state index in [0.29, 0.717) is 11.1 Å². The summed E-state index contributed by atoms with van der Waals surface area (Å²) in [7, 11) is 0. The molecule has 130 valence electrons. The van der Waals surface area contributed by atoms with Gasteiger partial charge in [0.15, 0.2) is 6.61 Å². The Hall–Kier alpha value is -3.29. The summed E-state index contributed by atoms with van der Waals surface area (Å²) in [6.45, 7) is 2.90. The first-order valence-corrected chi connectivity index (χ1v) is 7.26. The van der Waals surface area contributed by atoms with Crippen LogP contribution in [0.5, 0.6) is 0 Å². The molecule has 0 saturated carbocycles. The number of hydrogen-bond acceptors (Lipinski definition) is 5. The highest BCUT2D eigenvalue weighted by Crippen LogP contribution is 2.21. The first kappa shape index (κ1) is 18.1. The quantitative estimate of drug-likeness (QED) is 0.509. The van der Waals surface area contributed by atoms with Crippen LogP contribution in [-0.2, 0) is 9.53 Å². The Morgan fingerprint density at radius 3 is 2.60 bits per heavy atom. The van der Waals surface area contributed by atoms with E-state index in [2.05, 4.69) is 5.32 Å². The third-order valence-corrected chi connectivity index (χ3v) is 3.38. The van der Waals surface area contributed by atoms with Gasteiger partial charge in [-0.3, -0.25) is 14.9 Å². The smallest absolute Gasteiger partial charge is 0.338 e. The van der Waals surface area contributed by atoms with Crippen molar-refractivity contribution in [1.82, 2.24) is 0 Å². The molecule has 1 N–H and O–H groups in total. The number of esters is 1. The van der Waals surface area contributed by atoms with E-state index in [9.17, 15) is 24.1 Å². The normalized spacial score (nSPS) is 10.2. The Morgan fingerprint density at radius 1 is 1.20 bits per heavy atom. The number of halogens is 1. The van der Waals surface area contributed by atoms with Crippen molar-refractivity contribution in [1.29, 1.82) is 0 Å². The molecule has 2 rings (SSSR count). The van der Waals surface area contributed by atoms with Crippen LogP contribution in [0.3, 0.4) is 0 Å². The second kappa shape index (κ2) is 7.52. The van der Waals surface area contributed by atoms with Gasteiger partial charge in [-0.25, -0.2) is 9.18 Å². The van der Waals surface area contributed by atoms with E-state index in [-0.39, 0.29) is 11.4 Å². The number of nitrogens with one attached hydrogen (secondary N) is 1. The van der Waals surface area contributed by atoms with Gasteiger partial charge in [0.25, 0.3) is 11.6 Å².